The summed E-state index contributed by atoms with van der Waals surface area (Å²) < 4.78 is 22.7. The molecule has 0 saturated carbocycles. The van der Waals surface area contributed by atoms with Crippen molar-refractivity contribution in [1.82, 2.24) is 0 Å². The molecule has 0 aliphatic carbocycles. The lowest BCUT2D eigenvalue weighted by Crippen LogP contribution is -2.44. The van der Waals surface area contributed by atoms with E-state index in [9.17, 15) is 19.5 Å². The van der Waals surface area contributed by atoms with Gasteiger partial charge in [0.1, 0.15) is 13.2 Å². The summed E-state index contributed by atoms with van der Waals surface area (Å²) in [4.78, 5) is 37.3. The second-order valence-corrected chi connectivity index (χ2v) is 21.6. The van der Waals surface area contributed by atoms with Crippen molar-refractivity contribution in [3.63, 3.8) is 0 Å². The van der Waals surface area contributed by atoms with Crippen LogP contribution in [0.4, 0.5) is 0 Å². The average molecular weight is 1120 g/mol. The molecule has 456 valence electrons. The Morgan fingerprint density at radius 3 is 0.988 bits per heavy atom. The Kier molecular flexibility index (Phi) is 57.2. The van der Waals surface area contributed by atoms with Gasteiger partial charge in [-0.15, -0.1) is 0 Å². The van der Waals surface area contributed by atoms with Crippen LogP contribution in [0.25, 0.3) is 0 Å². The lowest BCUT2D eigenvalue weighted by Gasteiger charge is -2.26. The van der Waals surface area contributed by atoms with Crippen LogP contribution >= 0.6 is 0 Å². The second kappa shape index (κ2) is 61.0. The number of esters is 2. The van der Waals surface area contributed by atoms with E-state index in [1.807, 2.05) is 21.1 Å². The van der Waals surface area contributed by atoms with Crippen molar-refractivity contribution in [2.24, 2.45) is 0 Å². The Labute approximate surface area is 495 Å². The summed E-state index contributed by atoms with van der Waals surface area (Å²) >= 11 is 0. The second-order valence-electron chi connectivity index (χ2n) is 21.6. The van der Waals surface area contributed by atoms with Crippen LogP contribution < -0.4 is 5.11 Å². The van der Waals surface area contributed by atoms with Crippen molar-refractivity contribution in [3.8, 4) is 0 Å². The van der Waals surface area contributed by atoms with Gasteiger partial charge in [-0.2, -0.15) is 0 Å². The quantitative estimate of drug-likeness (QED) is 0.0195. The number of nitrogens with zero attached hydrogens (tertiary/aromatic N) is 1. The van der Waals surface area contributed by atoms with Crippen molar-refractivity contribution in [2.75, 3.05) is 47.5 Å². The summed E-state index contributed by atoms with van der Waals surface area (Å²) in [5, 5.41) is 11.8. The number of carbonyl (C=O) groups is 3. The predicted molar refractivity (Wildman–Crippen MR) is 342 cm³/mol. The number of allylic oxidation sites excluding steroid dienone is 26. The van der Waals surface area contributed by atoms with Gasteiger partial charge in [0.15, 0.2) is 12.4 Å². The van der Waals surface area contributed by atoms with Crippen molar-refractivity contribution >= 4 is 17.9 Å². The fourth-order valence-electron chi connectivity index (χ4n) is 7.99. The molecule has 0 aromatic heterocycles. The first kappa shape index (κ1) is 75.9. The smallest absolute Gasteiger partial charge is 0.306 e. The van der Waals surface area contributed by atoms with Gasteiger partial charge in [-0.05, 0) is 122 Å². The molecule has 9 nitrogen and oxygen atoms in total. The number of ether oxygens (including phenoxy) is 4. The molecule has 0 radical (unpaired) electrons. The molecular weight excluding hydrogens is 1010 g/mol. The average Bonchev–Trinajstić information content (AvgIpc) is 3.44. The lowest BCUT2D eigenvalue weighted by atomic mass is 10.0. The number of quaternary nitrogens is 1. The number of hydrogen-bond donors (Lipinski definition) is 0. The van der Waals surface area contributed by atoms with Gasteiger partial charge in [-0.1, -0.05) is 242 Å². The summed E-state index contributed by atoms with van der Waals surface area (Å²) in [6.07, 6.45) is 87.4. The number of carboxylic acids is 1. The molecule has 0 spiro atoms. The zero-order chi connectivity index (χ0) is 59.1. The molecule has 0 heterocycles. The van der Waals surface area contributed by atoms with E-state index < -0.39 is 24.3 Å². The zero-order valence-electron chi connectivity index (χ0n) is 51.8. The van der Waals surface area contributed by atoms with Crippen LogP contribution in [0.1, 0.15) is 219 Å². The van der Waals surface area contributed by atoms with Gasteiger partial charge in [0, 0.05) is 12.8 Å². The molecular formula is C72H115NO8. The molecule has 0 aromatic rings. The minimum absolute atomic E-state index is 0.135. The summed E-state index contributed by atoms with van der Waals surface area (Å²) in [7, 11) is 5.90. The Hall–Kier alpha value is -5.09. The minimum Gasteiger partial charge on any atom is -0.545 e. The molecule has 0 aliphatic heterocycles. The molecule has 2 unspecified atom stereocenters. The highest BCUT2D eigenvalue weighted by Gasteiger charge is 2.22. The fraction of sp³-hybridized carbons (Fsp3) is 0.597. The van der Waals surface area contributed by atoms with E-state index in [1.165, 1.54) is 44.9 Å². The summed E-state index contributed by atoms with van der Waals surface area (Å²) in [6, 6.07) is 0. The van der Waals surface area contributed by atoms with E-state index in [4.69, 9.17) is 18.9 Å². The van der Waals surface area contributed by atoms with Gasteiger partial charge >= 0.3 is 11.9 Å². The van der Waals surface area contributed by atoms with Gasteiger partial charge in [-0.3, -0.25) is 9.59 Å². The topological polar surface area (TPSA) is 111 Å². The third-order valence-electron chi connectivity index (χ3n) is 12.8. The van der Waals surface area contributed by atoms with Crippen molar-refractivity contribution in [2.45, 2.75) is 232 Å². The SMILES string of the molecule is CC/C=C\C/C=C\C/C=C\C/C=C\C/C=C\C/C=C\C/C=C\C/C=C\C/C=C\CCCCCCCCCCCCCC(=O)OC(COC(=O)CCCCCC/C=C\C/C=C\C/C=C\C/C=C\CC)COC(OCC[N+](C)(C)C)C(=O)[O-]. The van der Waals surface area contributed by atoms with Gasteiger partial charge < -0.3 is 33.3 Å². The largest absolute Gasteiger partial charge is 0.545 e. The molecule has 0 fully saturated rings. The Morgan fingerprint density at radius 1 is 0.370 bits per heavy atom. The Balaban J connectivity index is 4.18. The molecule has 0 aromatic carbocycles. The van der Waals surface area contributed by atoms with Crippen LogP contribution in [0, 0.1) is 0 Å². The molecule has 0 amide bonds. The number of carbonyl (C=O) groups excluding carboxylic acids is 3. The minimum atomic E-state index is -1.64. The fourth-order valence-corrected chi connectivity index (χ4v) is 7.99. The molecule has 0 saturated heterocycles. The van der Waals surface area contributed by atoms with E-state index >= 15 is 0 Å². The van der Waals surface area contributed by atoms with Gasteiger partial charge in [0.25, 0.3) is 0 Å². The summed E-state index contributed by atoms with van der Waals surface area (Å²) in [5.74, 6) is -2.34. The summed E-state index contributed by atoms with van der Waals surface area (Å²) in [5.41, 5.74) is 0. The van der Waals surface area contributed by atoms with E-state index in [-0.39, 0.29) is 38.6 Å². The molecule has 0 N–H and O–H groups in total. The Morgan fingerprint density at radius 2 is 0.667 bits per heavy atom. The highest BCUT2D eigenvalue weighted by Crippen LogP contribution is 2.15. The summed E-state index contributed by atoms with van der Waals surface area (Å²) in [6.45, 7) is 4.46. The normalized spacial score (nSPS) is 13.8. The van der Waals surface area contributed by atoms with Gasteiger partial charge in [0.05, 0.1) is 40.3 Å². The highest BCUT2D eigenvalue weighted by molar-refractivity contribution is 5.70. The van der Waals surface area contributed by atoms with E-state index in [0.717, 1.165) is 135 Å². The Bertz CT molecular complexity index is 1880. The molecule has 2 atom stereocenters. The van der Waals surface area contributed by atoms with Crippen LogP contribution in [0.3, 0.4) is 0 Å². The number of aliphatic carboxylic acids is 1. The maximum atomic E-state index is 12.9. The van der Waals surface area contributed by atoms with E-state index in [0.29, 0.717) is 23.9 Å². The highest BCUT2D eigenvalue weighted by atomic mass is 16.7. The predicted octanol–water partition coefficient (Wildman–Crippen LogP) is 18.0. The third-order valence-corrected chi connectivity index (χ3v) is 12.8. The van der Waals surface area contributed by atoms with Crippen LogP contribution in [0.5, 0.6) is 0 Å². The molecule has 0 rings (SSSR count). The number of likely N-dealkylation sites (N-methyl/N-ethyl adjacent to an activating group) is 1. The first-order valence-electron chi connectivity index (χ1n) is 31.6. The maximum Gasteiger partial charge on any atom is 0.306 e. The lowest BCUT2D eigenvalue weighted by molar-refractivity contribution is -0.870. The number of unbranched alkanes of at least 4 members (excludes halogenated alkanes) is 15. The van der Waals surface area contributed by atoms with Crippen LogP contribution in [0.15, 0.2) is 158 Å². The number of rotatable bonds is 56. The zero-order valence-corrected chi connectivity index (χ0v) is 51.8. The first-order valence-corrected chi connectivity index (χ1v) is 31.6. The standard InChI is InChI=1S/C72H115NO8/c1-6-8-10-12-14-16-18-20-22-24-25-26-27-28-29-30-31-32-33-34-35-36-37-38-39-40-41-42-43-44-45-47-49-51-53-55-57-59-61-63-70(75)81-68(67-80-72(71(76)77)78-65-64-73(3,4)5)66-79-69(74)62-60-58-56-54-52-50-48-46-23-21-19-17-15-13-11-9-7-2/h8-11,14-17,20-23,25-26,28-29,31-32,34-35,37-38,40-41,48,50,68,72H,6-7,12-13,18-19,24,27,30,33,36,39,42-47,49,51-67H2,1-5H3/b10-8-,11-9-,16-14-,17-15-,22-20-,23-21-,26-25-,29-28-,32-31-,35-34-,38-37-,41-40-,50-48-. The van der Waals surface area contributed by atoms with Crippen molar-refractivity contribution < 1.29 is 42.9 Å². The molecule has 9 heteroatoms. The third kappa shape index (κ3) is 62.4. The van der Waals surface area contributed by atoms with Crippen molar-refractivity contribution in [1.29, 1.82) is 0 Å². The number of hydrogen-bond acceptors (Lipinski definition) is 8. The number of carboxylic acid groups (broad SMARTS) is 1. The van der Waals surface area contributed by atoms with Gasteiger partial charge in [0.2, 0.25) is 0 Å². The maximum absolute atomic E-state index is 12.9. The van der Waals surface area contributed by atoms with Crippen molar-refractivity contribution in [3.05, 3.63) is 158 Å². The van der Waals surface area contributed by atoms with Crippen LogP contribution in [-0.4, -0.2) is 82.3 Å². The first-order chi connectivity index (χ1) is 39.6. The van der Waals surface area contributed by atoms with Crippen LogP contribution in [0.2, 0.25) is 0 Å². The van der Waals surface area contributed by atoms with E-state index in [2.05, 4.69) is 172 Å². The van der Waals surface area contributed by atoms with Crippen LogP contribution in [-0.2, 0) is 33.3 Å². The van der Waals surface area contributed by atoms with E-state index in [1.54, 1.807) is 0 Å². The van der Waals surface area contributed by atoms with Gasteiger partial charge in [-0.25, -0.2) is 0 Å². The molecule has 81 heavy (non-hydrogen) atoms. The molecule has 0 bridgehead atoms. The molecule has 0 aliphatic rings. The monoisotopic (exact) mass is 1120 g/mol.